The summed E-state index contributed by atoms with van der Waals surface area (Å²) < 4.78 is 12.8. The molecule has 0 aliphatic carbocycles. The van der Waals surface area contributed by atoms with Crippen molar-refractivity contribution in [3.8, 4) is 0 Å². The first-order valence-corrected chi connectivity index (χ1v) is 5.97. The zero-order valence-corrected chi connectivity index (χ0v) is 9.60. The van der Waals surface area contributed by atoms with E-state index in [4.69, 9.17) is 0 Å². The highest BCUT2D eigenvalue weighted by molar-refractivity contribution is 7.99. The van der Waals surface area contributed by atoms with Gasteiger partial charge >= 0.3 is 0 Å². The normalized spacial score (nSPS) is 9.81. The highest BCUT2D eigenvalue weighted by Gasteiger charge is 2.05. The van der Waals surface area contributed by atoms with Gasteiger partial charge in [-0.1, -0.05) is 6.08 Å². The Morgan fingerprint density at radius 1 is 1.62 bits per heavy atom. The number of amides is 1. The number of carbonyl (C=O) groups is 1. The molecule has 1 N–H and O–H groups in total. The second-order valence-electron chi connectivity index (χ2n) is 3.01. The minimum atomic E-state index is -0.506. The van der Waals surface area contributed by atoms with Gasteiger partial charge in [-0.05, 0) is 6.07 Å². The molecule has 0 fully saturated rings. The average Bonchev–Trinajstić information content (AvgIpc) is 2.28. The zero-order valence-electron chi connectivity index (χ0n) is 8.78. The second-order valence-corrected chi connectivity index (χ2v) is 4.16. The highest BCUT2D eigenvalue weighted by atomic mass is 32.2. The molecule has 0 aliphatic heterocycles. The number of halogens is 1. The monoisotopic (exact) mass is 240 g/mol. The standard InChI is InChI=1S/C11H13FN2OS/c1-2-4-16-5-3-14-11(15)9-6-10(12)8-13-7-9/h2,6-8H,1,3-5H2,(H,14,15). The van der Waals surface area contributed by atoms with Crippen LogP contribution in [0.3, 0.4) is 0 Å². The van der Waals surface area contributed by atoms with Gasteiger partial charge in [0.25, 0.3) is 5.91 Å². The van der Waals surface area contributed by atoms with Crippen molar-refractivity contribution < 1.29 is 9.18 Å². The van der Waals surface area contributed by atoms with Crippen molar-refractivity contribution in [2.45, 2.75) is 0 Å². The second kappa shape index (κ2) is 7.00. The van der Waals surface area contributed by atoms with Crippen LogP contribution < -0.4 is 5.32 Å². The third kappa shape index (κ3) is 4.44. The maximum absolute atomic E-state index is 12.8. The summed E-state index contributed by atoms with van der Waals surface area (Å²) in [6, 6.07) is 1.17. The average molecular weight is 240 g/mol. The molecule has 0 bridgehead atoms. The molecule has 1 amide bonds. The lowest BCUT2D eigenvalue weighted by molar-refractivity contribution is 0.0955. The smallest absolute Gasteiger partial charge is 0.252 e. The fraction of sp³-hybridized carbons (Fsp3) is 0.273. The van der Waals surface area contributed by atoms with Crippen LogP contribution in [-0.4, -0.2) is 28.9 Å². The molecule has 0 saturated carbocycles. The molecule has 0 unspecified atom stereocenters. The lowest BCUT2D eigenvalue weighted by Crippen LogP contribution is -2.26. The molecule has 3 nitrogen and oxygen atoms in total. The zero-order chi connectivity index (χ0) is 11.8. The van der Waals surface area contributed by atoms with Gasteiger partial charge in [0.2, 0.25) is 0 Å². The fourth-order valence-electron chi connectivity index (χ4n) is 1.04. The molecule has 5 heteroatoms. The van der Waals surface area contributed by atoms with Gasteiger partial charge in [0, 0.05) is 24.2 Å². The van der Waals surface area contributed by atoms with Gasteiger partial charge in [-0.2, -0.15) is 11.8 Å². The Morgan fingerprint density at radius 3 is 3.12 bits per heavy atom. The van der Waals surface area contributed by atoms with Crippen LogP contribution in [0.15, 0.2) is 31.1 Å². The van der Waals surface area contributed by atoms with Crippen LogP contribution in [-0.2, 0) is 0 Å². The van der Waals surface area contributed by atoms with Crippen molar-refractivity contribution in [3.63, 3.8) is 0 Å². The summed E-state index contributed by atoms with van der Waals surface area (Å²) >= 11 is 1.67. The Balaban J connectivity index is 2.32. The van der Waals surface area contributed by atoms with Gasteiger partial charge < -0.3 is 5.32 Å². The van der Waals surface area contributed by atoms with Gasteiger partial charge in [-0.15, -0.1) is 6.58 Å². The van der Waals surface area contributed by atoms with E-state index in [1.807, 2.05) is 6.08 Å². The van der Waals surface area contributed by atoms with E-state index in [0.29, 0.717) is 6.54 Å². The minimum Gasteiger partial charge on any atom is -0.351 e. The van der Waals surface area contributed by atoms with Crippen LogP contribution in [0.2, 0.25) is 0 Å². The predicted molar refractivity (Wildman–Crippen MR) is 64.1 cm³/mol. The summed E-state index contributed by atoms with van der Waals surface area (Å²) in [7, 11) is 0. The molecule has 0 saturated heterocycles. The van der Waals surface area contributed by atoms with E-state index < -0.39 is 5.82 Å². The number of nitrogens with one attached hydrogen (secondary N) is 1. The number of nitrogens with zero attached hydrogens (tertiary/aromatic N) is 1. The first-order chi connectivity index (χ1) is 7.74. The molecule has 0 aliphatic rings. The third-order valence-corrected chi connectivity index (χ3v) is 2.70. The van der Waals surface area contributed by atoms with E-state index >= 15 is 0 Å². The number of hydrogen-bond donors (Lipinski definition) is 1. The van der Waals surface area contributed by atoms with Crippen molar-refractivity contribution in [2.24, 2.45) is 0 Å². The molecule has 0 spiro atoms. The van der Waals surface area contributed by atoms with Crippen LogP contribution in [0, 0.1) is 5.82 Å². The summed E-state index contributed by atoms with van der Waals surface area (Å²) in [5.74, 6) is 0.859. The Kier molecular flexibility index (Phi) is 5.56. The quantitative estimate of drug-likeness (QED) is 0.609. The molecule has 0 atom stereocenters. The van der Waals surface area contributed by atoms with Crippen molar-refractivity contribution >= 4 is 17.7 Å². The summed E-state index contributed by atoms with van der Waals surface area (Å²) in [6.45, 7) is 4.14. The van der Waals surface area contributed by atoms with Crippen molar-refractivity contribution in [1.82, 2.24) is 10.3 Å². The lowest BCUT2D eigenvalue weighted by Gasteiger charge is -2.03. The van der Waals surface area contributed by atoms with E-state index in [0.717, 1.165) is 17.7 Å². The minimum absolute atomic E-state index is 0.244. The molecule has 1 aromatic rings. The SMILES string of the molecule is C=CCSCCNC(=O)c1cncc(F)c1. The van der Waals surface area contributed by atoms with Crippen LogP contribution in [0.5, 0.6) is 0 Å². The van der Waals surface area contributed by atoms with E-state index in [1.54, 1.807) is 11.8 Å². The summed E-state index contributed by atoms with van der Waals surface area (Å²) in [5, 5.41) is 2.68. The lowest BCUT2D eigenvalue weighted by atomic mass is 10.2. The first-order valence-electron chi connectivity index (χ1n) is 4.81. The number of pyridine rings is 1. The number of aromatic nitrogens is 1. The molecule has 16 heavy (non-hydrogen) atoms. The Labute approximate surface area is 98.2 Å². The maximum atomic E-state index is 12.8. The van der Waals surface area contributed by atoms with Crippen molar-refractivity contribution in [1.29, 1.82) is 0 Å². The third-order valence-electron chi connectivity index (χ3n) is 1.73. The molecule has 86 valence electrons. The first kappa shape index (κ1) is 12.7. The molecular formula is C11H13FN2OS. The maximum Gasteiger partial charge on any atom is 0.252 e. The van der Waals surface area contributed by atoms with Gasteiger partial charge in [0.1, 0.15) is 5.82 Å². The van der Waals surface area contributed by atoms with Gasteiger partial charge in [0.05, 0.1) is 11.8 Å². The van der Waals surface area contributed by atoms with E-state index in [1.165, 1.54) is 12.3 Å². The predicted octanol–water partition coefficient (Wildman–Crippen LogP) is 1.87. The van der Waals surface area contributed by atoms with Gasteiger partial charge in [-0.3, -0.25) is 9.78 Å². The number of hydrogen-bond acceptors (Lipinski definition) is 3. The Morgan fingerprint density at radius 2 is 2.44 bits per heavy atom. The van der Waals surface area contributed by atoms with E-state index in [2.05, 4.69) is 16.9 Å². The van der Waals surface area contributed by atoms with Crippen molar-refractivity contribution in [3.05, 3.63) is 42.5 Å². The molecule has 0 radical (unpaired) electrons. The molecule has 0 aromatic carbocycles. The molecule has 1 aromatic heterocycles. The number of carbonyl (C=O) groups excluding carboxylic acids is 1. The van der Waals surface area contributed by atoms with Gasteiger partial charge in [0.15, 0.2) is 0 Å². The van der Waals surface area contributed by atoms with Crippen LogP contribution in [0.4, 0.5) is 4.39 Å². The van der Waals surface area contributed by atoms with Crippen LogP contribution in [0.25, 0.3) is 0 Å². The Hall–Kier alpha value is -1.36. The number of rotatable bonds is 6. The largest absolute Gasteiger partial charge is 0.351 e. The van der Waals surface area contributed by atoms with Gasteiger partial charge in [-0.25, -0.2) is 4.39 Å². The molecule has 1 heterocycles. The summed E-state index contributed by atoms with van der Waals surface area (Å²) in [6.07, 6.45) is 4.22. The van der Waals surface area contributed by atoms with Crippen LogP contribution >= 0.6 is 11.8 Å². The fourth-order valence-corrected chi connectivity index (χ4v) is 1.62. The van der Waals surface area contributed by atoms with E-state index in [-0.39, 0.29) is 11.5 Å². The summed E-state index contributed by atoms with van der Waals surface area (Å²) in [5.41, 5.74) is 0.244. The molecular weight excluding hydrogens is 227 g/mol. The number of thioether (sulfide) groups is 1. The van der Waals surface area contributed by atoms with Crippen molar-refractivity contribution in [2.75, 3.05) is 18.1 Å². The van der Waals surface area contributed by atoms with Crippen LogP contribution in [0.1, 0.15) is 10.4 Å². The topological polar surface area (TPSA) is 42.0 Å². The molecule has 1 rings (SSSR count). The van der Waals surface area contributed by atoms with E-state index in [9.17, 15) is 9.18 Å². The highest BCUT2D eigenvalue weighted by Crippen LogP contribution is 2.01. The Bertz CT molecular complexity index is 371. The summed E-state index contributed by atoms with van der Waals surface area (Å²) in [4.78, 5) is 15.1.